The third-order valence-electron chi connectivity index (χ3n) is 3.34. The molecule has 0 unspecified atom stereocenters. The predicted octanol–water partition coefficient (Wildman–Crippen LogP) is 4.54. The number of amides is 1. The number of rotatable bonds is 6. The van der Waals surface area contributed by atoms with Crippen molar-refractivity contribution in [3.8, 4) is 17.6 Å². The second-order valence-electron chi connectivity index (χ2n) is 5.07. The van der Waals surface area contributed by atoms with Gasteiger partial charge in [0.1, 0.15) is 17.5 Å². The van der Waals surface area contributed by atoms with Gasteiger partial charge in [0.05, 0.1) is 23.9 Å². The number of hydrogen-bond donors (Lipinski definition) is 1. The first-order valence-corrected chi connectivity index (χ1v) is 8.47. The van der Waals surface area contributed by atoms with E-state index >= 15 is 0 Å². The van der Waals surface area contributed by atoms with Crippen LogP contribution in [0.1, 0.15) is 12.5 Å². The van der Waals surface area contributed by atoms with Gasteiger partial charge in [-0.2, -0.15) is 5.26 Å². The molecule has 0 aliphatic heterocycles. The second kappa shape index (κ2) is 9.02. The van der Waals surface area contributed by atoms with Crippen molar-refractivity contribution in [2.45, 2.75) is 6.92 Å². The lowest BCUT2D eigenvalue weighted by Gasteiger charge is -2.12. The first-order chi connectivity index (χ1) is 12.5. The maximum Gasteiger partial charge on any atom is 0.266 e. The Morgan fingerprint density at radius 2 is 2.12 bits per heavy atom. The lowest BCUT2D eigenvalue weighted by atomic mass is 10.1. The molecule has 0 atom stereocenters. The van der Waals surface area contributed by atoms with Crippen molar-refractivity contribution in [3.63, 3.8) is 0 Å². The average molecular weight is 419 g/mol. The van der Waals surface area contributed by atoms with Crippen LogP contribution in [0, 0.1) is 17.1 Å². The van der Waals surface area contributed by atoms with Crippen molar-refractivity contribution in [1.29, 1.82) is 5.26 Å². The molecular weight excluding hydrogens is 403 g/mol. The smallest absolute Gasteiger partial charge is 0.266 e. The van der Waals surface area contributed by atoms with Crippen LogP contribution in [0.4, 0.5) is 10.1 Å². The number of nitrogens with zero attached hydrogens (tertiary/aromatic N) is 1. The highest BCUT2D eigenvalue weighted by Crippen LogP contribution is 2.37. The summed E-state index contributed by atoms with van der Waals surface area (Å²) < 4.78 is 25.1. The molecule has 7 heteroatoms. The minimum atomic E-state index is -0.707. The molecule has 2 rings (SSSR count). The van der Waals surface area contributed by atoms with Gasteiger partial charge in [-0.1, -0.05) is 12.1 Å². The first kappa shape index (κ1) is 19.5. The number of methoxy groups -OCH3 is 1. The molecule has 0 saturated heterocycles. The summed E-state index contributed by atoms with van der Waals surface area (Å²) in [5.74, 6) is -0.300. The van der Waals surface area contributed by atoms with Crippen molar-refractivity contribution < 1.29 is 18.7 Å². The van der Waals surface area contributed by atoms with Gasteiger partial charge in [-0.25, -0.2) is 4.39 Å². The molecular formula is C19H16BrFN2O3. The summed E-state index contributed by atoms with van der Waals surface area (Å²) in [6.45, 7) is 2.30. The lowest BCUT2D eigenvalue weighted by Crippen LogP contribution is -2.14. The van der Waals surface area contributed by atoms with Gasteiger partial charge in [0.2, 0.25) is 0 Å². The zero-order valence-corrected chi connectivity index (χ0v) is 15.8. The molecule has 2 aromatic carbocycles. The largest absolute Gasteiger partial charge is 0.493 e. The number of carbonyl (C=O) groups excluding carboxylic acids is 1. The fraction of sp³-hybridized carbons (Fsp3) is 0.158. The predicted molar refractivity (Wildman–Crippen MR) is 100 cm³/mol. The third-order valence-corrected chi connectivity index (χ3v) is 3.93. The maximum absolute atomic E-state index is 13.7. The Morgan fingerprint density at radius 3 is 2.73 bits per heavy atom. The highest BCUT2D eigenvalue weighted by atomic mass is 79.9. The number of nitrogens with one attached hydrogen (secondary N) is 1. The zero-order chi connectivity index (χ0) is 19.1. The van der Waals surface area contributed by atoms with Crippen LogP contribution in [0.3, 0.4) is 0 Å². The van der Waals surface area contributed by atoms with E-state index in [1.54, 1.807) is 18.2 Å². The van der Waals surface area contributed by atoms with E-state index in [2.05, 4.69) is 21.2 Å². The van der Waals surface area contributed by atoms with Gasteiger partial charge in [-0.05, 0) is 58.8 Å². The van der Waals surface area contributed by atoms with E-state index in [0.717, 1.165) is 0 Å². The van der Waals surface area contributed by atoms with Gasteiger partial charge in [0, 0.05) is 0 Å². The summed E-state index contributed by atoms with van der Waals surface area (Å²) in [6, 6.07) is 10.9. The number of halogens is 2. The van der Waals surface area contributed by atoms with Crippen LogP contribution in [0.25, 0.3) is 6.08 Å². The van der Waals surface area contributed by atoms with Crippen LogP contribution in [-0.2, 0) is 4.79 Å². The van der Waals surface area contributed by atoms with Gasteiger partial charge in [0.15, 0.2) is 11.5 Å². The molecule has 134 valence electrons. The van der Waals surface area contributed by atoms with Gasteiger partial charge in [-0.15, -0.1) is 0 Å². The summed E-state index contributed by atoms with van der Waals surface area (Å²) in [5.41, 5.74) is 0.382. The van der Waals surface area contributed by atoms with Gasteiger partial charge in [-0.3, -0.25) is 4.79 Å². The molecule has 2 aromatic rings. The number of carbonyl (C=O) groups is 1. The normalized spacial score (nSPS) is 10.8. The van der Waals surface area contributed by atoms with Crippen LogP contribution in [-0.4, -0.2) is 19.6 Å². The van der Waals surface area contributed by atoms with E-state index < -0.39 is 11.7 Å². The van der Waals surface area contributed by atoms with Crippen molar-refractivity contribution in [2.75, 3.05) is 19.0 Å². The summed E-state index contributed by atoms with van der Waals surface area (Å²) in [7, 11) is 1.49. The topological polar surface area (TPSA) is 71.3 Å². The van der Waals surface area contributed by atoms with Crippen LogP contribution in [0.15, 0.2) is 46.4 Å². The molecule has 26 heavy (non-hydrogen) atoms. The molecule has 1 N–H and O–H groups in total. The Hall–Kier alpha value is -2.85. The molecule has 0 spiro atoms. The van der Waals surface area contributed by atoms with E-state index in [4.69, 9.17) is 9.47 Å². The van der Waals surface area contributed by atoms with E-state index in [1.165, 1.54) is 31.4 Å². The molecule has 0 aliphatic carbocycles. The highest BCUT2D eigenvalue weighted by molar-refractivity contribution is 9.10. The summed E-state index contributed by atoms with van der Waals surface area (Å²) in [4.78, 5) is 12.3. The lowest BCUT2D eigenvalue weighted by molar-refractivity contribution is -0.112. The van der Waals surface area contributed by atoms with Crippen LogP contribution < -0.4 is 14.8 Å². The van der Waals surface area contributed by atoms with E-state index in [-0.39, 0.29) is 11.3 Å². The van der Waals surface area contributed by atoms with Crippen molar-refractivity contribution in [2.24, 2.45) is 0 Å². The molecule has 5 nitrogen and oxygen atoms in total. The van der Waals surface area contributed by atoms with Crippen LogP contribution in [0.2, 0.25) is 0 Å². The van der Waals surface area contributed by atoms with Crippen LogP contribution in [0.5, 0.6) is 11.5 Å². The number of benzene rings is 2. The minimum Gasteiger partial charge on any atom is -0.493 e. The van der Waals surface area contributed by atoms with Crippen molar-refractivity contribution in [1.82, 2.24) is 0 Å². The molecule has 1 amide bonds. The number of nitriles is 1. The maximum atomic E-state index is 13.7. The van der Waals surface area contributed by atoms with E-state index in [1.807, 2.05) is 13.0 Å². The highest BCUT2D eigenvalue weighted by Gasteiger charge is 2.14. The first-order valence-electron chi connectivity index (χ1n) is 7.68. The average Bonchev–Trinajstić information content (AvgIpc) is 2.63. The quantitative estimate of drug-likeness (QED) is 0.551. The Kier molecular flexibility index (Phi) is 6.75. The third kappa shape index (κ3) is 4.61. The monoisotopic (exact) mass is 418 g/mol. The number of hydrogen-bond acceptors (Lipinski definition) is 4. The van der Waals surface area contributed by atoms with Crippen molar-refractivity contribution >= 4 is 33.6 Å². The second-order valence-corrected chi connectivity index (χ2v) is 5.93. The van der Waals surface area contributed by atoms with Crippen LogP contribution >= 0.6 is 15.9 Å². The molecule has 0 aromatic heterocycles. The number of para-hydroxylation sites is 1. The summed E-state index contributed by atoms with van der Waals surface area (Å²) >= 11 is 3.38. The Bertz CT molecular complexity index is 891. The molecule has 0 radical (unpaired) electrons. The van der Waals surface area contributed by atoms with Gasteiger partial charge < -0.3 is 14.8 Å². The van der Waals surface area contributed by atoms with E-state index in [9.17, 15) is 14.4 Å². The Morgan fingerprint density at radius 1 is 1.38 bits per heavy atom. The molecule has 0 saturated carbocycles. The molecule has 0 fully saturated rings. The fourth-order valence-electron chi connectivity index (χ4n) is 2.18. The number of ether oxygens (including phenoxy) is 2. The molecule has 0 bridgehead atoms. The van der Waals surface area contributed by atoms with Gasteiger partial charge in [0.25, 0.3) is 5.91 Å². The zero-order valence-electron chi connectivity index (χ0n) is 14.2. The van der Waals surface area contributed by atoms with Gasteiger partial charge >= 0.3 is 0 Å². The minimum absolute atomic E-state index is 0.00380. The van der Waals surface area contributed by atoms with Crippen molar-refractivity contribution in [3.05, 3.63) is 57.8 Å². The standard InChI is InChI=1S/C19H16BrFN2O3/c1-3-26-18-14(20)9-12(10-17(18)25-2)8-13(11-22)19(24)23-16-7-5-4-6-15(16)21/h4-10H,3H2,1-2H3,(H,23,24)/b13-8-. The number of anilines is 1. The Labute approximate surface area is 159 Å². The Balaban J connectivity index is 2.34. The summed E-state index contributed by atoms with van der Waals surface area (Å²) in [6.07, 6.45) is 1.39. The molecule has 0 heterocycles. The van der Waals surface area contributed by atoms with E-state index in [0.29, 0.717) is 28.1 Å². The fourth-order valence-corrected chi connectivity index (χ4v) is 2.75. The SMILES string of the molecule is CCOc1c(Br)cc(/C=C(/C#N)C(=O)Nc2ccccc2F)cc1OC. The molecule has 0 aliphatic rings. The summed E-state index contributed by atoms with van der Waals surface area (Å²) in [5, 5.41) is 11.7.